The third-order valence-electron chi connectivity index (χ3n) is 2.15. The van der Waals surface area contributed by atoms with Gasteiger partial charge in [-0.05, 0) is 15.9 Å². The van der Waals surface area contributed by atoms with E-state index < -0.39 is 6.09 Å². The molecule has 1 amide bonds. The van der Waals surface area contributed by atoms with Crippen LogP contribution in [0, 0.1) is 0 Å². The zero-order valence-electron chi connectivity index (χ0n) is 8.52. The lowest BCUT2D eigenvalue weighted by molar-refractivity contribution is 0.142. The molecule has 1 fully saturated rings. The predicted molar refractivity (Wildman–Crippen MR) is 60.2 cm³/mol. The van der Waals surface area contributed by atoms with E-state index in [9.17, 15) is 4.79 Å². The van der Waals surface area contributed by atoms with Gasteiger partial charge in [-0.3, -0.25) is 0 Å². The number of hydrogen-bond donors (Lipinski definition) is 1. The van der Waals surface area contributed by atoms with Gasteiger partial charge in [-0.25, -0.2) is 14.8 Å². The van der Waals surface area contributed by atoms with Crippen LogP contribution in [-0.2, 0) is 0 Å². The van der Waals surface area contributed by atoms with Crippen LogP contribution in [0.25, 0.3) is 0 Å². The highest BCUT2D eigenvalue weighted by atomic mass is 79.9. The number of carbonyl (C=O) groups is 1. The third-order valence-corrected chi connectivity index (χ3v) is 2.56. The Morgan fingerprint density at radius 3 is 2.62 bits per heavy atom. The monoisotopic (exact) mass is 286 g/mol. The van der Waals surface area contributed by atoms with Crippen LogP contribution in [-0.4, -0.2) is 47.1 Å². The van der Waals surface area contributed by atoms with E-state index in [2.05, 4.69) is 31.2 Å². The lowest BCUT2D eigenvalue weighted by atomic mass is 10.4. The van der Waals surface area contributed by atoms with Crippen LogP contribution in [0.15, 0.2) is 16.9 Å². The first-order valence-corrected chi connectivity index (χ1v) is 5.70. The standard InChI is InChI=1S/C9H11BrN4O2/c10-7-5-12-8(13-6-7)16-9(15)14-3-1-11-2-4-14/h5-6,11H,1-4H2. The molecule has 0 atom stereocenters. The summed E-state index contributed by atoms with van der Waals surface area (Å²) in [5.41, 5.74) is 0. The highest BCUT2D eigenvalue weighted by molar-refractivity contribution is 9.10. The summed E-state index contributed by atoms with van der Waals surface area (Å²) in [7, 11) is 0. The largest absolute Gasteiger partial charge is 0.417 e. The Balaban J connectivity index is 1.93. The summed E-state index contributed by atoms with van der Waals surface area (Å²) < 4.78 is 5.77. The van der Waals surface area contributed by atoms with Gasteiger partial charge in [0.05, 0.1) is 4.47 Å². The third kappa shape index (κ3) is 2.89. The number of nitrogens with one attached hydrogen (secondary N) is 1. The summed E-state index contributed by atoms with van der Waals surface area (Å²) in [5.74, 6) is 0. The highest BCUT2D eigenvalue weighted by Gasteiger charge is 2.18. The van der Waals surface area contributed by atoms with E-state index in [-0.39, 0.29) is 6.01 Å². The Bertz CT molecular complexity index is 364. The van der Waals surface area contributed by atoms with Gasteiger partial charge in [0, 0.05) is 38.6 Å². The number of ether oxygens (including phenoxy) is 1. The molecular weight excluding hydrogens is 276 g/mol. The molecule has 1 N–H and O–H groups in total. The summed E-state index contributed by atoms with van der Waals surface area (Å²) >= 11 is 3.20. The fraction of sp³-hybridized carbons (Fsp3) is 0.444. The number of amides is 1. The first kappa shape index (κ1) is 11.3. The number of piperazine rings is 1. The fourth-order valence-electron chi connectivity index (χ4n) is 1.34. The Hall–Kier alpha value is -1.21. The molecule has 0 unspecified atom stereocenters. The van der Waals surface area contributed by atoms with Gasteiger partial charge >= 0.3 is 12.1 Å². The highest BCUT2D eigenvalue weighted by Crippen LogP contribution is 2.09. The van der Waals surface area contributed by atoms with E-state index in [1.54, 1.807) is 4.90 Å². The molecule has 7 heteroatoms. The Morgan fingerprint density at radius 1 is 1.38 bits per heavy atom. The van der Waals surface area contributed by atoms with E-state index in [0.29, 0.717) is 13.1 Å². The molecule has 0 saturated carbocycles. The van der Waals surface area contributed by atoms with Crippen molar-refractivity contribution in [2.45, 2.75) is 0 Å². The molecule has 1 aromatic rings. The SMILES string of the molecule is O=C(Oc1ncc(Br)cn1)N1CCNCC1. The molecule has 0 spiro atoms. The molecule has 16 heavy (non-hydrogen) atoms. The minimum absolute atomic E-state index is 0.0757. The van der Waals surface area contributed by atoms with Crippen molar-refractivity contribution in [3.63, 3.8) is 0 Å². The second kappa shape index (κ2) is 5.22. The van der Waals surface area contributed by atoms with E-state index in [1.165, 1.54) is 12.4 Å². The van der Waals surface area contributed by atoms with E-state index in [4.69, 9.17) is 4.74 Å². The molecule has 0 aromatic carbocycles. The number of rotatable bonds is 1. The molecule has 1 aromatic heterocycles. The molecule has 6 nitrogen and oxygen atoms in total. The summed E-state index contributed by atoms with van der Waals surface area (Å²) in [6.45, 7) is 2.87. The molecule has 2 heterocycles. The van der Waals surface area contributed by atoms with Crippen molar-refractivity contribution in [3.8, 4) is 6.01 Å². The predicted octanol–water partition coefficient (Wildman–Crippen LogP) is 0.643. The average molecular weight is 287 g/mol. The Morgan fingerprint density at radius 2 is 2.00 bits per heavy atom. The van der Waals surface area contributed by atoms with Gasteiger partial charge in [-0.2, -0.15) is 0 Å². The van der Waals surface area contributed by atoms with Crippen LogP contribution in [0.5, 0.6) is 6.01 Å². The average Bonchev–Trinajstić information content (AvgIpc) is 2.33. The lowest BCUT2D eigenvalue weighted by Gasteiger charge is -2.25. The first-order valence-electron chi connectivity index (χ1n) is 4.91. The molecule has 0 bridgehead atoms. The Labute approximate surface area is 101 Å². The normalized spacial score (nSPS) is 15.9. The van der Waals surface area contributed by atoms with Crippen LogP contribution < -0.4 is 10.1 Å². The summed E-state index contributed by atoms with van der Waals surface area (Å²) in [6, 6.07) is 0.0757. The molecule has 1 aliphatic heterocycles. The number of halogens is 1. The molecular formula is C9H11BrN4O2. The number of nitrogens with zero attached hydrogens (tertiary/aromatic N) is 3. The smallest absolute Gasteiger partial charge is 0.374 e. The van der Waals surface area contributed by atoms with Gasteiger partial charge < -0.3 is 15.0 Å². The second-order valence-corrected chi connectivity index (χ2v) is 4.20. The fourth-order valence-corrected chi connectivity index (χ4v) is 1.55. The van der Waals surface area contributed by atoms with Gasteiger partial charge in [0.1, 0.15) is 0 Å². The van der Waals surface area contributed by atoms with Crippen LogP contribution in [0.1, 0.15) is 0 Å². The number of aromatic nitrogens is 2. The van der Waals surface area contributed by atoms with E-state index in [0.717, 1.165) is 17.6 Å². The molecule has 0 radical (unpaired) electrons. The molecule has 1 aliphatic rings. The van der Waals surface area contributed by atoms with Gasteiger partial charge in [0.25, 0.3) is 0 Å². The van der Waals surface area contributed by atoms with Crippen molar-refractivity contribution < 1.29 is 9.53 Å². The van der Waals surface area contributed by atoms with Crippen molar-refractivity contribution in [1.82, 2.24) is 20.2 Å². The maximum Gasteiger partial charge on any atom is 0.417 e. The topological polar surface area (TPSA) is 67.3 Å². The van der Waals surface area contributed by atoms with Gasteiger partial charge in [-0.15, -0.1) is 0 Å². The summed E-state index contributed by atoms with van der Waals surface area (Å²) in [6.07, 6.45) is 2.67. The lowest BCUT2D eigenvalue weighted by Crippen LogP contribution is -2.47. The minimum atomic E-state index is -0.399. The van der Waals surface area contributed by atoms with Crippen LogP contribution in [0.3, 0.4) is 0 Å². The van der Waals surface area contributed by atoms with Gasteiger partial charge in [0.15, 0.2) is 0 Å². The number of hydrogen-bond acceptors (Lipinski definition) is 5. The Kier molecular flexibility index (Phi) is 3.68. The maximum absolute atomic E-state index is 11.6. The van der Waals surface area contributed by atoms with E-state index >= 15 is 0 Å². The van der Waals surface area contributed by atoms with Gasteiger partial charge in [0.2, 0.25) is 0 Å². The molecule has 0 aliphatic carbocycles. The van der Waals surface area contributed by atoms with Crippen molar-refractivity contribution in [3.05, 3.63) is 16.9 Å². The van der Waals surface area contributed by atoms with Crippen LogP contribution in [0.4, 0.5) is 4.79 Å². The van der Waals surface area contributed by atoms with Crippen molar-refractivity contribution >= 4 is 22.0 Å². The molecule has 2 rings (SSSR count). The summed E-state index contributed by atoms with van der Waals surface area (Å²) in [5, 5.41) is 3.15. The first-order chi connectivity index (χ1) is 7.75. The van der Waals surface area contributed by atoms with Crippen LogP contribution in [0.2, 0.25) is 0 Å². The van der Waals surface area contributed by atoms with Crippen LogP contribution >= 0.6 is 15.9 Å². The minimum Gasteiger partial charge on any atom is -0.374 e. The summed E-state index contributed by atoms with van der Waals surface area (Å²) in [4.78, 5) is 21.0. The quantitative estimate of drug-likeness (QED) is 0.821. The zero-order valence-corrected chi connectivity index (χ0v) is 10.1. The maximum atomic E-state index is 11.6. The molecule has 1 saturated heterocycles. The second-order valence-electron chi connectivity index (χ2n) is 3.29. The van der Waals surface area contributed by atoms with E-state index in [1.807, 2.05) is 0 Å². The van der Waals surface area contributed by atoms with Crippen molar-refractivity contribution in [2.75, 3.05) is 26.2 Å². The van der Waals surface area contributed by atoms with Crippen molar-refractivity contribution in [2.24, 2.45) is 0 Å². The zero-order chi connectivity index (χ0) is 11.4. The molecule has 86 valence electrons. The van der Waals surface area contributed by atoms with Gasteiger partial charge in [-0.1, -0.05) is 0 Å². The van der Waals surface area contributed by atoms with Crippen molar-refractivity contribution in [1.29, 1.82) is 0 Å². The number of carbonyl (C=O) groups excluding carboxylic acids is 1.